The lowest BCUT2D eigenvalue weighted by Crippen LogP contribution is -1.85. The lowest BCUT2D eigenvalue weighted by molar-refractivity contribution is 0.972. The zero-order chi connectivity index (χ0) is 11.7. The Morgan fingerprint density at radius 1 is 1.35 bits per heavy atom. The van der Waals surface area contributed by atoms with Crippen molar-refractivity contribution >= 4 is 23.4 Å². The molecule has 0 saturated carbocycles. The minimum atomic E-state index is 0.336. The number of H-pyrrole nitrogens is 1. The number of nitrogens with two attached hydrogens (primary N) is 1. The Balaban J connectivity index is 1.76. The summed E-state index contributed by atoms with van der Waals surface area (Å²) in [6.45, 7) is 0. The van der Waals surface area contributed by atoms with Crippen LogP contribution in [0, 0.1) is 0 Å². The Hall–Kier alpha value is -2.02. The SMILES string of the molecule is Nc1nc(SCc2cn3ccccc3n2)n[nH]1. The number of rotatable bonds is 3. The van der Waals surface area contributed by atoms with Gasteiger partial charge in [0.05, 0.1) is 5.69 Å². The predicted octanol–water partition coefficient (Wildman–Crippen LogP) is 1.33. The Bertz CT molecular complexity index is 610. The van der Waals surface area contributed by atoms with Crippen LogP contribution in [0.15, 0.2) is 35.7 Å². The van der Waals surface area contributed by atoms with E-state index in [0.29, 0.717) is 11.1 Å². The van der Waals surface area contributed by atoms with E-state index in [1.165, 1.54) is 11.8 Å². The number of pyridine rings is 1. The van der Waals surface area contributed by atoms with Gasteiger partial charge in [0, 0.05) is 18.1 Å². The monoisotopic (exact) mass is 246 g/mol. The molecule has 0 amide bonds. The Morgan fingerprint density at radius 3 is 3.06 bits per heavy atom. The molecule has 3 rings (SSSR count). The van der Waals surface area contributed by atoms with Gasteiger partial charge in [-0.3, -0.25) is 0 Å². The van der Waals surface area contributed by atoms with Crippen LogP contribution >= 0.6 is 11.8 Å². The molecule has 17 heavy (non-hydrogen) atoms. The van der Waals surface area contributed by atoms with Gasteiger partial charge in [0.1, 0.15) is 5.65 Å². The molecule has 3 heterocycles. The van der Waals surface area contributed by atoms with Gasteiger partial charge in [0.15, 0.2) is 0 Å². The van der Waals surface area contributed by atoms with Crippen LogP contribution in [0.2, 0.25) is 0 Å². The number of nitrogens with one attached hydrogen (secondary N) is 1. The van der Waals surface area contributed by atoms with Gasteiger partial charge in [-0.25, -0.2) is 10.1 Å². The Morgan fingerprint density at radius 2 is 2.29 bits per heavy atom. The maximum atomic E-state index is 5.45. The second kappa shape index (κ2) is 4.10. The third kappa shape index (κ3) is 2.09. The molecule has 6 nitrogen and oxygen atoms in total. The molecular weight excluding hydrogens is 236 g/mol. The molecule has 0 aromatic carbocycles. The van der Waals surface area contributed by atoms with Crippen molar-refractivity contribution in [1.29, 1.82) is 0 Å². The third-order valence-corrected chi connectivity index (χ3v) is 3.13. The third-order valence-electron chi connectivity index (χ3n) is 2.25. The smallest absolute Gasteiger partial charge is 0.216 e. The van der Waals surface area contributed by atoms with Crippen LogP contribution in [0.3, 0.4) is 0 Å². The summed E-state index contributed by atoms with van der Waals surface area (Å²) >= 11 is 1.50. The molecule has 0 radical (unpaired) electrons. The number of hydrogen-bond acceptors (Lipinski definition) is 5. The number of nitrogen functional groups attached to an aromatic ring is 1. The van der Waals surface area contributed by atoms with Crippen molar-refractivity contribution in [3.8, 4) is 0 Å². The van der Waals surface area contributed by atoms with Crippen LogP contribution in [0.5, 0.6) is 0 Å². The van der Waals surface area contributed by atoms with Crippen LogP contribution < -0.4 is 5.73 Å². The molecule has 86 valence electrons. The van der Waals surface area contributed by atoms with Gasteiger partial charge in [0.25, 0.3) is 0 Å². The topological polar surface area (TPSA) is 84.9 Å². The normalized spacial score (nSPS) is 11.1. The number of fused-ring (bicyclic) bond motifs is 1. The molecule has 0 spiro atoms. The van der Waals surface area contributed by atoms with Gasteiger partial charge in [0.2, 0.25) is 11.1 Å². The fourth-order valence-electron chi connectivity index (χ4n) is 1.52. The minimum absolute atomic E-state index is 0.336. The highest BCUT2D eigenvalue weighted by Crippen LogP contribution is 2.19. The van der Waals surface area contributed by atoms with E-state index in [2.05, 4.69) is 20.2 Å². The van der Waals surface area contributed by atoms with E-state index in [1.54, 1.807) is 0 Å². The van der Waals surface area contributed by atoms with E-state index in [4.69, 9.17) is 5.73 Å². The highest BCUT2D eigenvalue weighted by atomic mass is 32.2. The van der Waals surface area contributed by atoms with Crippen LogP contribution in [0.1, 0.15) is 5.69 Å². The van der Waals surface area contributed by atoms with E-state index >= 15 is 0 Å². The fraction of sp³-hybridized carbons (Fsp3) is 0.100. The van der Waals surface area contributed by atoms with Gasteiger partial charge in [-0.2, -0.15) is 4.98 Å². The van der Waals surface area contributed by atoms with Crippen LogP contribution in [-0.4, -0.2) is 24.6 Å². The first kappa shape index (κ1) is 10.2. The average molecular weight is 246 g/mol. The molecule has 7 heteroatoms. The number of aromatic amines is 1. The summed E-state index contributed by atoms with van der Waals surface area (Å²) in [4.78, 5) is 8.50. The lowest BCUT2D eigenvalue weighted by atomic mass is 10.5. The summed E-state index contributed by atoms with van der Waals surface area (Å²) in [5.74, 6) is 1.06. The van der Waals surface area contributed by atoms with Crippen LogP contribution in [0.25, 0.3) is 5.65 Å². The molecule has 0 saturated heterocycles. The number of anilines is 1. The number of thioether (sulfide) groups is 1. The first-order valence-corrected chi connectivity index (χ1v) is 6.03. The van der Waals surface area contributed by atoms with Crippen molar-refractivity contribution in [2.45, 2.75) is 10.9 Å². The average Bonchev–Trinajstić information content (AvgIpc) is 2.91. The highest BCUT2D eigenvalue weighted by molar-refractivity contribution is 7.98. The van der Waals surface area contributed by atoms with Gasteiger partial charge in [-0.1, -0.05) is 17.8 Å². The summed E-state index contributed by atoms with van der Waals surface area (Å²) in [7, 11) is 0. The molecule has 0 aliphatic heterocycles. The molecule has 0 aliphatic rings. The molecule has 0 fully saturated rings. The summed E-state index contributed by atoms with van der Waals surface area (Å²) in [5.41, 5.74) is 7.38. The van der Waals surface area contributed by atoms with Crippen molar-refractivity contribution in [1.82, 2.24) is 24.6 Å². The van der Waals surface area contributed by atoms with Gasteiger partial charge in [-0.05, 0) is 12.1 Å². The lowest BCUT2D eigenvalue weighted by Gasteiger charge is -1.90. The maximum Gasteiger partial charge on any atom is 0.216 e. The van der Waals surface area contributed by atoms with Gasteiger partial charge in [-0.15, -0.1) is 5.10 Å². The van der Waals surface area contributed by atoms with Crippen LogP contribution in [0.4, 0.5) is 5.95 Å². The first-order chi connectivity index (χ1) is 8.31. The number of aromatic nitrogens is 5. The largest absolute Gasteiger partial charge is 0.368 e. The van der Waals surface area contributed by atoms with Gasteiger partial charge >= 0.3 is 0 Å². The molecular formula is C10H10N6S. The highest BCUT2D eigenvalue weighted by Gasteiger charge is 2.05. The van der Waals surface area contributed by atoms with Crippen molar-refractivity contribution in [3.63, 3.8) is 0 Å². The van der Waals surface area contributed by atoms with E-state index in [-0.39, 0.29) is 0 Å². The molecule has 3 aromatic rings. The molecule has 0 aliphatic carbocycles. The van der Waals surface area contributed by atoms with E-state index in [1.807, 2.05) is 35.0 Å². The fourth-order valence-corrected chi connectivity index (χ4v) is 2.21. The molecule has 0 atom stereocenters. The van der Waals surface area contributed by atoms with Crippen molar-refractivity contribution in [3.05, 3.63) is 36.3 Å². The molecule has 0 bridgehead atoms. The Kier molecular flexibility index (Phi) is 2.45. The maximum absolute atomic E-state index is 5.45. The second-order valence-electron chi connectivity index (χ2n) is 3.49. The van der Waals surface area contributed by atoms with E-state index in [0.717, 1.165) is 17.1 Å². The van der Waals surface area contributed by atoms with Crippen molar-refractivity contribution in [2.75, 3.05) is 5.73 Å². The quantitative estimate of drug-likeness (QED) is 0.681. The molecule has 3 N–H and O–H groups in total. The summed E-state index contributed by atoms with van der Waals surface area (Å²) in [6, 6.07) is 5.91. The van der Waals surface area contributed by atoms with Crippen LogP contribution in [-0.2, 0) is 5.75 Å². The minimum Gasteiger partial charge on any atom is -0.368 e. The first-order valence-electron chi connectivity index (χ1n) is 5.04. The van der Waals surface area contributed by atoms with Crippen molar-refractivity contribution < 1.29 is 0 Å². The second-order valence-corrected chi connectivity index (χ2v) is 4.43. The predicted molar refractivity (Wildman–Crippen MR) is 65.5 cm³/mol. The Labute approximate surface area is 101 Å². The summed E-state index contributed by atoms with van der Waals surface area (Å²) < 4.78 is 1.99. The standard InChI is InChI=1S/C10H10N6S/c11-9-13-10(15-14-9)17-6-7-5-16-4-2-1-3-8(16)12-7/h1-5H,6H2,(H3,11,13,14,15). The van der Waals surface area contributed by atoms with E-state index < -0.39 is 0 Å². The van der Waals surface area contributed by atoms with Gasteiger partial charge < -0.3 is 10.1 Å². The molecule has 3 aromatic heterocycles. The van der Waals surface area contributed by atoms with Crippen molar-refractivity contribution in [2.24, 2.45) is 0 Å². The number of hydrogen-bond donors (Lipinski definition) is 2. The summed E-state index contributed by atoms with van der Waals surface area (Å²) in [5, 5.41) is 7.19. The summed E-state index contributed by atoms with van der Waals surface area (Å²) in [6.07, 6.45) is 3.97. The number of nitrogens with zero attached hydrogens (tertiary/aromatic N) is 4. The van der Waals surface area contributed by atoms with E-state index in [9.17, 15) is 0 Å². The number of imidazole rings is 1. The zero-order valence-corrected chi connectivity index (χ0v) is 9.68. The zero-order valence-electron chi connectivity index (χ0n) is 8.87. The molecule has 0 unspecified atom stereocenters.